The molecule has 0 saturated carbocycles. The molecule has 1 N–H and O–H groups in total. The van der Waals surface area contributed by atoms with Crippen LogP contribution in [0.2, 0.25) is 0 Å². The first-order chi connectivity index (χ1) is 10.7. The van der Waals surface area contributed by atoms with E-state index in [0.717, 1.165) is 43.7 Å². The number of nitrogens with zero attached hydrogens (tertiary/aromatic N) is 3. The minimum atomic E-state index is 0.241. The van der Waals surface area contributed by atoms with Gasteiger partial charge in [0, 0.05) is 42.4 Å². The SMILES string of the molecule is Cc1cc(N2CCC(N(C)CCO)CC2)c2ccccc2n1. The fraction of sp³-hybridized carbons (Fsp3) is 0.500. The molecule has 0 amide bonds. The summed E-state index contributed by atoms with van der Waals surface area (Å²) in [6, 6.07) is 11.2. The van der Waals surface area contributed by atoms with E-state index >= 15 is 0 Å². The fourth-order valence-corrected chi connectivity index (χ4v) is 3.44. The van der Waals surface area contributed by atoms with Crippen molar-refractivity contribution in [2.24, 2.45) is 0 Å². The number of aromatic nitrogens is 1. The van der Waals surface area contributed by atoms with Crippen molar-refractivity contribution in [1.82, 2.24) is 9.88 Å². The first-order valence-corrected chi connectivity index (χ1v) is 8.11. The van der Waals surface area contributed by atoms with Crippen molar-refractivity contribution in [2.45, 2.75) is 25.8 Å². The molecule has 0 atom stereocenters. The summed E-state index contributed by atoms with van der Waals surface area (Å²) in [4.78, 5) is 9.41. The monoisotopic (exact) mass is 299 g/mol. The number of aliphatic hydroxyl groups is 1. The summed E-state index contributed by atoms with van der Waals surface area (Å²) in [6.07, 6.45) is 2.29. The molecule has 3 rings (SSSR count). The van der Waals surface area contributed by atoms with Crippen LogP contribution >= 0.6 is 0 Å². The molecule has 4 heteroatoms. The molecule has 0 aliphatic carbocycles. The lowest BCUT2D eigenvalue weighted by Gasteiger charge is -2.38. The van der Waals surface area contributed by atoms with Crippen LogP contribution < -0.4 is 4.90 Å². The summed E-state index contributed by atoms with van der Waals surface area (Å²) >= 11 is 0. The molecule has 1 aliphatic rings. The average molecular weight is 299 g/mol. The van der Waals surface area contributed by atoms with Gasteiger partial charge in [-0.25, -0.2) is 0 Å². The number of fused-ring (bicyclic) bond motifs is 1. The molecule has 0 spiro atoms. The first-order valence-electron chi connectivity index (χ1n) is 8.11. The molecule has 0 unspecified atom stereocenters. The number of rotatable bonds is 4. The normalized spacial score (nSPS) is 16.6. The summed E-state index contributed by atoms with van der Waals surface area (Å²) in [5, 5.41) is 10.3. The van der Waals surface area contributed by atoms with E-state index in [1.54, 1.807) is 0 Å². The van der Waals surface area contributed by atoms with Crippen molar-refractivity contribution >= 4 is 16.6 Å². The van der Waals surface area contributed by atoms with Gasteiger partial charge < -0.3 is 14.9 Å². The third-order valence-corrected chi connectivity index (χ3v) is 4.70. The molecule has 0 bridgehead atoms. The summed E-state index contributed by atoms with van der Waals surface area (Å²) in [6.45, 7) is 5.20. The van der Waals surface area contributed by atoms with E-state index in [9.17, 15) is 0 Å². The Balaban J connectivity index is 1.79. The number of aliphatic hydroxyl groups excluding tert-OH is 1. The van der Waals surface area contributed by atoms with E-state index in [1.165, 1.54) is 11.1 Å². The molecule has 118 valence electrons. The first kappa shape index (κ1) is 15.3. The highest BCUT2D eigenvalue weighted by atomic mass is 16.3. The summed E-state index contributed by atoms with van der Waals surface area (Å²) in [5.74, 6) is 0. The third-order valence-electron chi connectivity index (χ3n) is 4.70. The summed E-state index contributed by atoms with van der Waals surface area (Å²) < 4.78 is 0. The Morgan fingerprint density at radius 2 is 2.00 bits per heavy atom. The van der Waals surface area contributed by atoms with Gasteiger partial charge in [0.1, 0.15) is 0 Å². The Kier molecular flexibility index (Phi) is 4.60. The zero-order valence-corrected chi connectivity index (χ0v) is 13.5. The lowest BCUT2D eigenvalue weighted by Crippen LogP contribution is -2.44. The van der Waals surface area contributed by atoms with Gasteiger partial charge in [-0.05, 0) is 38.9 Å². The molecule has 1 saturated heterocycles. The quantitative estimate of drug-likeness (QED) is 0.941. The lowest BCUT2D eigenvalue weighted by molar-refractivity contribution is 0.162. The maximum Gasteiger partial charge on any atom is 0.0726 e. The Bertz CT molecular complexity index is 635. The predicted molar refractivity (Wildman–Crippen MR) is 91.4 cm³/mol. The van der Waals surface area contributed by atoms with E-state index in [2.05, 4.69) is 59.1 Å². The zero-order valence-electron chi connectivity index (χ0n) is 13.5. The highest BCUT2D eigenvalue weighted by Gasteiger charge is 2.23. The number of para-hydroxylation sites is 1. The van der Waals surface area contributed by atoms with Crippen molar-refractivity contribution in [3.63, 3.8) is 0 Å². The van der Waals surface area contributed by atoms with Crippen molar-refractivity contribution in [1.29, 1.82) is 0 Å². The minimum Gasteiger partial charge on any atom is -0.395 e. The van der Waals surface area contributed by atoms with Crippen molar-refractivity contribution in [3.05, 3.63) is 36.0 Å². The van der Waals surface area contributed by atoms with Crippen LogP contribution in [0.5, 0.6) is 0 Å². The number of benzene rings is 1. The lowest BCUT2D eigenvalue weighted by atomic mass is 10.0. The van der Waals surface area contributed by atoms with E-state index < -0.39 is 0 Å². The number of piperidine rings is 1. The second kappa shape index (κ2) is 6.63. The molecule has 22 heavy (non-hydrogen) atoms. The van der Waals surface area contributed by atoms with E-state index in [-0.39, 0.29) is 6.61 Å². The van der Waals surface area contributed by atoms with Gasteiger partial charge >= 0.3 is 0 Å². The summed E-state index contributed by atoms with van der Waals surface area (Å²) in [7, 11) is 2.11. The minimum absolute atomic E-state index is 0.241. The average Bonchev–Trinajstić information content (AvgIpc) is 2.54. The van der Waals surface area contributed by atoms with Crippen molar-refractivity contribution < 1.29 is 5.11 Å². The second-order valence-electron chi connectivity index (χ2n) is 6.22. The van der Waals surface area contributed by atoms with Gasteiger partial charge in [-0.2, -0.15) is 0 Å². The Labute approximate surface area is 132 Å². The predicted octanol–water partition coefficient (Wildman–Crippen LogP) is 2.44. The van der Waals surface area contributed by atoms with Crippen LogP contribution in [-0.4, -0.2) is 54.3 Å². The van der Waals surface area contributed by atoms with Gasteiger partial charge in [0.05, 0.1) is 12.1 Å². The molecule has 1 aliphatic heterocycles. The van der Waals surface area contributed by atoms with Gasteiger partial charge in [0.2, 0.25) is 0 Å². The Hall–Kier alpha value is -1.65. The van der Waals surface area contributed by atoms with Crippen LogP contribution in [0.4, 0.5) is 5.69 Å². The van der Waals surface area contributed by atoms with E-state index in [4.69, 9.17) is 5.11 Å². The maximum absolute atomic E-state index is 9.09. The number of hydrogen-bond donors (Lipinski definition) is 1. The molecular weight excluding hydrogens is 274 g/mol. The van der Waals surface area contributed by atoms with Crippen molar-refractivity contribution in [2.75, 3.05) is 38.2 Å². The van der Waals surface area contributed by atoms with Gasteiger partial charge in [-0.1, -0.05) is 18.2 Å². The fourth-order valence-electron chi connectivity index (χ4n) is 3.44. The molecule has 1 fully saturated rings. The molecular formula is C18H25N3O. The van der Waals surface area contributed by atoms with Gasteiger partial charge in [0.15, 0.2) is 0 Å². The van der Waals surface area contributed by atoms with Gasteiger partial charge in [-0.15, -0.1) is 0 Å². The summed E-state index contributed by atoms with van der Waals surface area (Å²) in [5.41, 5.74) is 3.47. The molecule has 2 aromatic rings. The highest BCUT2D eigenvalue weighted by Crippen LogP contribution is 2.29. The molecule has 4 nitrogen and oxygen atoms in total. The smallest absolute Gasteiger partial charge is 0.0726 e. The maximum atomic E-state index is 9.09. The van der Waals surface area contributed by atoms with Crippen LogP contribution in [0.25, 0.3) is 10.9 Å². The molecule has 1 aromatic carbocycles. The largest absolute Gasteiger partial charge is 0.395 e. The third kappa shape index (κ3) is 3.08. The molecule has 0 radical (unpaired) electrons. The van der Waals surface area contributed by atoms with Crippen LogP contribution in [-0.2, 0) is 0 Å². The number of anilines is 1. The highest BCUT2D eigenvalue weighted by molar-refractivity contribution is 5.92. The van der Waals surface area contributed by atoms with Crippen LogP contribution in [0.3, 0.4) is 0 Å². The number of aryl methyl sites for hydroxylation is 1. The van der Waals surface area contributed by atoms with Gasteiger partial charge in [-0.3, -0.25) is 4.98 Å². The van der Waals surface area contributed by atoms with Gasteiger partial charge in [0.25, 0.3) is 0 Å². The van der Waals surface area contributed by atoms with Crippen LogP contribution in [0.15, 0.2) is 30.3 Å². The number of pyridine rings is 1. The number of likely N-dealkylation sites (N-methyl/N-ethyl adjacent to an activating group) is 1. The van der Waals surface area contributed by atoms with Crippen LogP contribution in [0.1, 0.15) is 18.5 Å². The second-order valence-corrected chi connectivity index (χ2v) is 6.22. The molecule has 2 heterocycles. The van der Waals surface area contributed by atoms with Crippen molar-refractivity contribution in [3.8, 4) is 0 Å². The van der Waals surface area contributed by atoms with Crippen LogP contribution in [0, 0.1) is 6.92 Å². The van der Waals surface area contributed by atoms with E-state index in [0.29, 0.717) is 6.04 Å². The topological polar surface area (TPSA) is 39.6 Å². The Morgan fingerprint density at radius 3 is 2.73 bits per heavy atom. The van der Waals surface area contributed by atoms with E-state index in [1.807, 2.05) is 0 Å². The molecule has 1 aromatic heterocycles. The Morgan fingerprint density at radius 1 is 1.27 bits per heavy atom. The standard InChI is InChI=1S/C18H25N3O/c1-14-13-18(16-5-3-4-6-17(16)19-14)21-9-7-15(8-10-21)20(2)11-12-22/h3-6,13,15,22H,7-12H2,1-2H3. The zero-order chi connectivity index (χ0) is 15.5. The number of hydrogen-bond acceptors (Lipinski definition) is 4.